The normalized spacial score (nSPS) is 10.9. The highest BCUT2D eigenvalue weighted by atomic mass is 32.1. The summed E-state index contributed by atoms with van der Waals surface area (Å²) < 4.78 is 5.47. The van der Waals surface area contributed by atoms with Gasteiger partial charge in [-0.05, 0) is 73.5 Å². The van der Waals surface area contributed by atoms with E-state index in [1.165, 1.54) is 23.5 Å². The number of aromatic nitrogens is 1. The van der Waals surface area contributed by atoms with Gasteiger partial charge in [0.1, 0.15) is 5.75 Å². The lowest BCUT2D eigenvalue weighted by atomic mass is 10.1. The molecule has 0 bridgehead atoms. The van der Waals surface area contributed by atoms with E-state index in [0.29, 0.717) is 16.4 Å². The van der Waals surface area contributed by atoms with Crippen LogP contribution in [0.4, 0.5) is 10.8 Å². The highest BCUT2D eigenvalue weighted by Crippen LogP contribution is 2.39. The van der Waals surface area contributed by atoms with Crippen LogP contribution in [0.1, 0.15) is 27.0 Å². The molecule has 0 fully saturated rings. The van der Waals surface area contributed by atoms with Crippen LogP contribution >= 0.6 is 11.3 Å². The zero-order valence-electron chi connectivity index (χ0n) is 21.7. The van der Waals surface area contributed by atoms with Crippen molar-refractivity contribution >= 4 is 34.3 Å². The Hall–Kier alpha value is -5.15. The number of thiazole rings is 1. The maximum atomic E-state index is 12.4. The Morgan fingerprint density at radius 3 is 2.30 bits per heavy atom. The van der Waals surface area contributed by atoms with Crippen molar-refractivity contribution in [2.24, 2.45) is 5.10 Å². The number of rotatable bonds is 8. The van der Waals surface area contributed by atoms with Crippen LogP contribution in [0, 0.1) is 24.0 Å². The van der Waals surface area contributed by atoms with E-state index in [9.17, 15) is 14.9 Å². The van der Waals surface area contributed by atoms with E-state index in [1.807, 2.05) is 50.2 Å². The molecule has 0 atom stereocenters. The average molecular weight is 549 g/mol. The summed E-state index contributed by atoms with van der Waals surface area (Å²) in [6.45, 7) is 3.94. The number of benzene rings is 4. The smallest absolute Gasteiger partial charge is 0.343 e. The van der Waals surface area contributed by atoms with Gasteiger partial charge in [-0.3, -0.25) is 15.5 Å². The Morgan fingerprint density at radius 1 is 0.925 bits per heavy atom. The highest BCUT2D eigenvalue weighted by molar-refractivity contribution is 7.19. The largest absolute Gasteiger partial charge is 0.423 e. The van der Waals surface area contributed by atoms with Gasteiger partial charge in [-0.15, -0.1) is 0 Å². The Balaban J connectivity index is 1.31. The fraction of sp³-hybridized carbons (Fsp3) is 0.0645. The molecule has 0 saturated heterocycles. The number of ether oxygens (including phenoxy) is 1. The molecule has 0 saturated carbocycles. The number of carbonyl (C=O) groups is 1. The molecule has 1 aromatic heterocycles. The van der Waals surface area contributed by atoms with Crippen LogP contribution in [-0.2, 0) is 0 Å². The lowest BCUT2D eigenvalue weighted by Crippen LogP contribution is -2.08. The Kier molecular flexibility index (Phi) is 7.75. The average Bonchev–Trinajstić information content (AvgIpc) is 3.38. The third kappa shape index (κ3) is 6.28. The first-order valence-corrected chi connectivity index (χ1v) is 13.2. The maximum Gasteiger partial charge on any atom is 0.343 e. The second-order valence-electron chi connectivity index (χ2n) is 9.06. The zero-order chi connectivity index (χ0) is 28.1. The first-order chi connectivity index (χ1) is 19.4. The first kappa shape index (κ1) is 26.5. The van der Waals surface area contributed by atoms with Crippen molar-refractivity contribution in [1.29, 1.82) is 0 Å². The van der Waals surface area contributed by atoms with Gasteiger partial charge in [-0.1, -0.05) is 58.9 Å². The van der Waals surface area contributed by atoms with Crippen LogP contribution in [0.15, 0.2) is 102 Å². The fourth-order valence-corrected chi connectivity index (χ4v) is 4.87. The number of hydrogen-bond acceptors (Lipinski definition) is 8. The minimum atomic E-state index is -0.417. The first-order valence-electron chi connectivity index (χ1n) is 12.4. The number of nitrogens with zero attached hydrogens (tertiary/aromatic N) is 3. The van der Waals surface area contributed by atoms with Crippen LogP contribution in [0.3, 0.4) is 0 Å². The monoisotopic (exact) mass is 548 g/mol. The molecule has 4 aromatic carbocycles. The Morgan fingerprint density at radius 2 is 1.62 bits per heavy atom. The molecule has 5 rings (SSSR count). The van der Waals surface area contributed by atoms with Gasteiger partial charge in [-0.25, -0.2) is 9.78 Å². The molecular weight excluding hydrogens is 524 g/mol. The van der Waals surface area contributed by atoms with E-state index in [4.69, 9.17) is 9.72 Å². The number of non-ortho nitro benzene ring substituents is 1. The van der Waals surface area contributed by atoms with Gasteiger partial charge in [-0.2, -0.15) is 5.10 Å². The molecule has 198 valence electrons. The summed E-state index contributed by atoms with van der Waals surface area (Å²) in [5.74, 6) is 0.0239. The number of hydrogen-bond donors (Lipinski definition) is 1. The molecule has 9 heteroatoms. The molecule has 5 aromatic rings. The second kappa shape index (κ2) is 11.7. The molecule has 0 radical (unpaired) electrons. The minimum absolute atomic E-state index is 0.0315. The molecule has 1 N–H and O–H groups in total. The van der Waals surface area contributed by atoms with Gasteiger partial charge in [0.2, 0.25) is 5.13 Å². The standard InChI is InChI=1S/C31H24N4O4S/c1-20-6-10-23(11-7-20)28-29(24-12-14-26(15-13-24)35(37)38)40-31(33-28)34-32-19-22-8-16-27(17-9-22)39-30(36)25-5-3-4-21(2)18-25/h3-19H,1-2H3,(H,33,34)/b32-19-. The van der Waals surface area contributed by atoms with Gasteiger partial charge < -0.3 is 4.74 Å². The highest BCUT2D eigenvalue weighted by Gasteiger charge is 2.16. The number of carbonyl (C=O) groups excluding carboxylic acids is 1. The Bertz CT molecular complexity index is 1690. The van der Waals surface area contributed by atoms with Crippen LogP contribution in [0.5, 0.6) is 5.75 Å². The van der Waals surface area contributed by atoms with Crippen LogP contribution in [0.2, 0.25) is 0 Å². The number of nitro groups is 1. The van der Waals surface area contributed by atoms with Gasteiger partial charge >= 0.3 is 5.97 Å². The van der Waals surface area contributed by atoms with E-state index in [1.54, 1.807) is 54.7 Å². The van der Waals surface area contributed by atoms with Gasteiger partial charge in [0.25, 0.3) is 5.69 Å². The van der Waals surface area contributed by atoms with E-state index < -0.39 is 10.9 Å². The van der Waals surface area contributed by atoms with Crippen LogP contribution < -0.4 is 10.2 Å². The van der Waals surface area contributed by atoms with Crippen molar-refractivity contribution in [1.82, 2.24) is 4.98 Å². The summed E-state index contributed by atoms with van der Waals surface area (Å²) in [6, 6.07) is 28.7. The summed E-state index contributed by atoms with van der Waals surface area (Å²) in [7, 11) is 0. The number of anilines is 1. The lowest BCUT2D eigenvalue weighted by Gasteiger charge is -2.05. The van der Waals surface area contributed by atoms with Crippen molar-refractivity contribution in [3.05, 3.63) is 129 Å². The number of aryl methyl sites for hydroxylation is 2. The predicted molar refractivity (Wildman–Crippen MR) is 158 cm³/mol. The van der Waals surface area contributed by atoms with Crippen molar-refractivity contribution in [2.75, 3.05) is 5.43 Å². The van der Waals surface area contributed by atoms with Gasteiger partial charge in [0.15, 0.2) is 0 Å². The second-order valence-corrected chi connectivity index (χ2v) is 10.1. The fourth-order valence-electron chi connectivity index (χ4n) is 3.93. The summed E-state index contributed by atoms with van der Waals surface area (Å²) in [5.41, 5.74) is 8.96. The molecule has 0 unspecified atom stereocenters. The third-order valence-electron chi connectivity index (χ3n) is 6.01. The topological polar surface area (TPSA) is 107 Å². The van der Waals surface area contributed by atoms with E-state index >= 15 is 0 Å². The number of nitro benzene ring substituents is 1. The minimum Gasteiger partial charge on any atom is -0.423 e. The van der Waals surface area contributed by atoms with Gasteiger partial charge in [0, 0.05) is 17.7 Å². The van der Waals surface area contributed by atoms with Gasteiger partial charge in [0.05, 0.1) is 27.3 Å². The summed E-state index contributed by atoms with van der Waals surface area (Å²) in [4.78, 5) is 28.7. The third-order valence-corrected chi connectivity index (χ3v) is 7.02. The summed E-state index contributed by atoms with van der Waals surface area (Å²) in [6.07, 6.45) is 1.64. The molecule has 0 aliphatic carbocycles. The van der Waals surface area contributed by atoms with E-state index in [0.717, 1.165) is 38.4 Å². The number of nitrogens with one attached hydrogen (secondary N) is 1. The van der Waals surface area contributed by atoms with Crippen molar-refractivity contribution in [3.63, 3.8) is 0 Å². The number of esters is 1. The molecular formula is C31H24N4O4S. The van der Waals surface area contributed by atoms with E-state index in [2.05, 4.69) is 10.5 Å². The molecule has 40 heavy (non-hydrogen) atoms. The van der Waals surface area contributed by atoms with Crippen LogP contribution in [-0.4, -0.2) is 22.1 Å². The van der Waals surface area contributed by atoms with Crippen molar-refractivity contribution in [2.45, 2.75) is 13.8 Å². The van der Waals surface area contributed by atoms with Crippen LogP contribution in [0.25, 0.3) is 21.7 Å². The molecule has 0 aliphatic rings. The Labute approximate surface area is 234 Å². The molecule has 0 aliphatic heterocycles. The maximum absolute atomic E-state index is 12.4. The molecule has 0 spiro atoms. The zero-order valence-corrected chi connectivity index (χ0v) is 22.5. The number of hydrazone groups is 1. The van der Waals surface area contributed by atoms with Crippen molar-refractivity contribution < 1.29 is 14.5 Å². The lowest BCUT2D eigenvalue weighted by molar-refractivity contribution is -0.384. The molecule has 8 nitrogen and oxygen atoms in total. The quantitative estimate of drug-likeness (QED) is 0.0701. The van der Waals surface area contributed by atoms with Crippen molar-refractivity contribution in [3.8, 4) is 27.4 Å². The molecule has 1 heterocycles. The SMILES string of the molecule is Cc1ccc(-c2nc(N/N=C\c3ccc(OC(=O)c4cccc(C)c4)cc3)sc2-c2ccc([N+](=O)[O-])cc2)cc1. The van der Waals surface area contributed by atoms with E-state index in [-0.39, 0.29) is 5.69 Å². The summed E-state index contributed by atoms with van der Waals surface area (Å²) in [5, 5.41) is 16.0. The molecule has 0 amide bonds. The summed E-state index contributed by atoms with van der Waals surface area (Å²) >= 11 is 1.41. The predicted octanol–water partition coefficient (Wildman–Crippen LogP) is 7.67.